The third-order valence-corrected chi connectivity index (χ3v) is 5.88. The molecule has 1 aliphatic heterocycles. The first-order valence-electron chi connectivity index (χ1n) is 10.8. The lowest BCUT2D eigenvalue weighted by Gasteiger charge is -2.33. The van der Waals surface area contributed by atoms with E-state index >= 15 is 0 Å². The van der Waals surface area contributed by atoms with Crippen LogP contribution in [0.3, 0.4) is 0 Å². The van der Waals surface area contributed by atoms with Crippen molar-refractivity contribution >= 4 is 22.4 Å². The normalized spacial score (nSPS) is 17.5. The maximum absolute atomic E-state index is 12.4. The van der Waals surface area contributed by atoms with Crippen molar-refractivity contribution in [1.82, 2.24) is 5.32 Å². The molecule has 0 saturated carbocycles. The van der Waals surface area contributed by atoms with Gasteiger partial charge < -0.3 is 15.0 Å². The van der Waals surface area contributed by atoms with Crippen LogP contribution in [0.4, 0.5) is 5.69 Å². The molecule has 1 aliphatic rings. The van der Waals surface area contributed by atoms with Crippen LogP contribution in [0.25, 0.3) is 10.8 Å². The van der Waals surface area contributed by atoms with Gasteiger partial charge in [-0.25, -0.2) is 0 Å². The van der Waals surface area contributed by atoms with Gasteiger partial charge in [-0.2, -0.15) is 0 Å². The Labute approximate surface area is 178 Å². The van der Waals surface area contributed by atoms with Crippen LogP contribution in [0.2, 0.25) is 0 Å². The van der Waals surface area contributed by atoms with E-state index in [4.69, 9.17) is 4.74 Å². The van der Waals surface area contributed by atoms with Crippen LogP contribution in [0.15, 0.2) is 66.7 Å². The monoisotopic (exact) mass is 402 g/mol. The van der Waals surface area contributed by atoms with Crippen molar-refractivity contribution in [3.63, 3.8) is 0 Å². The van der Waals surface area contributed by atoms with E-state index in [1.54, 1.807) is 0 Å². The van der Waals surface area contributed by atoms with Gasteiger partial charge in [0, 0.05) is 18.8 Å². The highest BCUT2D eigenvalue weighted by Crippen LogP contribution is 2.25. The highest BCUT2D eigenvalue weighted by atomic mass is 16.5. The van der Waals surface area contributed by atoms with Crippen LogP contribution in [-0.4, -0.2) is 25.6 Å². The Kier molecular flexibility index (Phi) is 6.22. The number of fused-ring (bicyclic) bond motifs is 1. The second kappa shape index (κ2) is 9.21. The van der Waals surface area contributed by atoms with Gasteiger partial charge in [0.15, 0.2) is 6.61 Å². The SMILES string of the molecule is C[C@H]1CCCN(c2ccc([C@@H](C)NC(=O)COc3ccc4ccccc4c3)cc2)C1. The Bertz CT molecular complexity index is 999. The standard InChI is InChI=1S/C26H30N2O2/c1-19-6-5-15-28(17-19)24-12-9-21(10-13-24)20(2)27-26(29)18-30-25-14-11-22-7-3-4-8-23(22)16-25/h3-4,7-14,16,19-20H,5-6,15,17-18H2,1-2H3,(H,27,29)/t19-,20+/m0/s1. The van der Waals surface area contributed by atoms with E-state index in [1.807, 2.05) is 43.3 Å². The largest absolute Gasteiger partial charge is 0.484 e. The number of carbonyl (C=O) groups excluding carboxylic acids is 1. The molecular weight excluding hydrogens is 372 g/mol. The molecule has 1 N–H and O–H groups in total. The molecule has 0 aliphatic carbocycles. The summed E-state index contributed by atoms with van der Waals surface area (Å²) in [5.74, 6) is 1.33. The number of nitrogens with zero attached hydrogens (tertiary/aromatic N) is 1. The first-order valence-corrected chi connectivity index (χ1v) is 10.8. The summed E-state index contributed by atoms with van der Waals surface area (Å²) in [6.07, 6.45) is 2.57. The molecule has 3 aromatic rings. The van der Waals surface area contributed by atoms with Crippen molar-refractivity contribution in [1.29, 1.82) is 0 Å². The van der Waals surface area contributed by atoms with E-state index in [2.05, 4.69) is 47.5 Å². The molecule has 4 heteroatoms. The van der Waals surface area contributed by atoms with Crippen molar-refractivity contribution in [3.8, 4) is 5.75 Å². The van der Waals surface area contributed by atoms with Crippen LogP contribution in [-0.2, 0) is 4.79 Å². The highest BCUT2D eigenvalue weighted by molar-refractivity contribution is 5.84. The predicted octanol–water partition coefficient (Wildman–Crippen LogP) is 5.33. The molecule has 3 aromatic carbocycles. The van der Waals surface area contributed by atoms with Crippen LogP contribution in [0, 0.1) is 5.92 Å². The first kappa shape index (κ1) is 20.3. The molecule has 1 fully saturated rings. The van der Waals surface area contributed by atoms with E-state index < -0.39 is 0 Å². The molecule has 1 amide bonds. The summed E-state index contributed by atoms with van der Waals surface area (Å²) in [4.78, 5) is 14.8. The molecule has 4 nitrogen and oxygen atoms in total. The summed E-state index contributed by atoms with van der Waals surface area (Å²) in [7, 11) is 0. The van der Waals surface area contributed by atoms with E-state index in [9.17, 15) is 4.79 Å². The number of hydrogen-bond donors (Lipinski definition) is 1. The lowest BCUT2D eigenvalue weighted by atomic mass is 9.99. The zero-order valence-electron chi connectivity index (χ0n) is 17.8. The predicted molar refractivity (Wildman–Crippen MR) is 123 cm³/mol. The number of piperidine rings is 1. The van der Waals surface area contributed by atoms with Crippen molar-refractivity contribution in [2.24, 2.45) is 5.92 Å². The highest BCUT2D eigenvalue weighted by Gasteiger charge is 2.17. The molecule has 2 atom stereocenters. The van der Waals surface area contributed by atoms with Gasteiger partial charge in [-0.05, 0) is 66.3 Å². The smallest absolute Gasteiger partial charge is 0.258 e. The van der Waals surface area contributed by atoms with Crippen molar-refractivity contribution in [3.05, 3.63) is 72.3 Å². The third kappa shape index (κ3) is 4.93. The van der Waals surface area contributed by atoms with Crippen molar-refractivity contribution < 1.29 is 9.53 Å². The minimum absolute atomic E-state index is 0.00638. The van der Waals surface area contributed by atoms with Gasteiger partial charge in [0.05, 0.1) is 6.04 Å². The van der Waals surface area contributed by atoms with Gasteiger partial charge in [-0.15, -0.1) is 0 Å². The van der Waals surface area contributed by atoms with Gasteiger partial charge in [0.1, 0.15) is 5.75 Å². The fourth-order valence-corrected chi connectivity index (χ4v) is 4.17. The van der Waals surface area contributed by atoms with Gasteiger partial charge in [0.2, 0.25) is 0 Å². The fourth-order valence-electron chi connectivity index (χ4n) is 4.17. The number of carbonyl (C=O) groups is 1. The average molecular weight is 403 g/mol. The van der Waals surface area contributed by atoms with Gasteiger partial charge in [0.25, 0.3) is 5.91 Å². The van der Waals surface area contributed by atoms with Crippen LogP contribution in [0.5, 0.6) is 5.75 Å². The molecule has 30 heavy (non-hydrogen) atoms. The molecule has 1 heterocycles. The van der Waals surface area contributed by atoms with Gasteiger partial charge >= 0.3 is 0 Å². The van der Waals surface area contributed by atoms with E-state index in [-0.39, 0.29) is 18.6 Å². The minimum Gasteiger partial charge on any atom is -0.484 e. The average Bonchev–Trinajstić information content (AvgIpc) is 2.77. The molecule has 0 unspecified atom stereocenters. The molecule has 0 aromatic heterocycles. The molecule has 0 radical (unpaired) electrons. The Morgan fingerprint density at radius 2 is 1.87 bits per heavy atom. The van der Waals surface area contributed by atoms with Crippen LogP contribution >= 0.6 is 0 Å². The van der Waals surface area contributed by atoms with Crippen LogP contribution < -0.4 is 15.0 Å². The van der Waals surface area contributed by atoms with E-state index in [0.717, 1.165) is 35.3 Å². The van der Waals surface area contributed by atoms with Gasteiger partial charge in [-0.3, -0.25) is 4.79 Å². The topological polar surface area (TPSA) is 41.6 Å². The molecule has 4 rings (SSSR count). The number of rotatable bonds is 6. The zero-order chi connectivity index (χ0) is 20.9. The lowest BCUT2D eigenvalue weighted by molar-refractivity contribution is -0.123. The van der Waals surface area contributed by atoms with E-state index in [0.29, 0.717) is 5.75 Å². The Balaban J connectivity index is 1.30. The number of hydrogen-bond acceptors (Lipinski definition) is 3. The fraction of sp³-hybridized carbons (Fsp3) is 0.346. The van der Waals surface area contributed by atoms with Crippen LogP contribution in [0.1, 0.15) is 38.3 Å². The molecule has 0 bridgehead atoms. The molecule has 156 valence electrons. The number of ether oxygens (including phenoxy) is 1. The molecule has 0 spiro atoms. The zero-order valence-corrected chi connectivity index (χ0v) is 17.8. The quantitative estimate of drug-likeness (QED) is 0.606. The van der Waals surface area contributed by atoms with E-state index in [1.165, 1.54) is 18.5 Å². The molecular formula is C26H30N2O2. The Morgan fingerprint density at radius 3 is 2.63 bits per heavy atom. The minimum atomic E-state index is -0.121. The second-order valence-corrected chi connectivity index (χ2v) is 8.37. The van der Waals surface area contributed by atoms with Crippen molar-refractivity contribution in [2.45, 2.75) is 32.7 Å². The summed E-state index contributed by atoms with van der Waals surface area (Å²) in [5.41, 5.74) is 2.37. The summed E-state index contributed by atoms with van der Waals surface area (Å²) in [6, 6.07) is 22.5. The lowest BCUT2D eigenvalue weighted by Crippen LogP contribution is -2.34. The molecule has 1 saturated heterocycles. The number of anilines is 1. The number of benzene rings is 3. The third-order valence-electron chi connectivity index (χ3n) is 5.88. The van der Waals surface area contributed by atoms with Crippen molar-refractivity contribution in [2.75, 3.05) is 24.6 Å². The Morgan fingerprint density at radius 1 is 1.10 bits per heavy atom. The second-order valence-electron chi connectivity index (χ2n) is 8.37. The van der Waals surface area contributed by atoms with Gasteiger partial charge in [-0.1, -0.05) is 49.4 Å². The number of amides is 1. The summed E-state index contributed by atoms with van der Waals surface area (Å²) >= 11 is 0. The first-order chi connectivity index (χ1) is 14.6. The maximum Gasteiger partial charge on any atom is 0.258 e. The summed E-state index contributed by atoms with van der Waals surface area (Å²) in [6.45, 7) is 6.58. The number of nitrogens with one attached hydrogen (secondary N) is 1. The summed E-state index contributed by atoms with van der Waals surface area (Å²) < 4.78 is 5.70. The summed E-state index contributed by atoms with van der Waals surface area (Å²) in [5, 5.41) is 5.29. The Hall–Kier alpha value is -3.01. The maximum atomic E-state index is 12.4.